The Morgan fingerprint density at radius 2 is 1.52 bits per heavy atom. The van der Waals surface area contributed by atoms with E-state index in [0.29, 0.717) is 13.0 Å². The van der Waals surface area contributed by atoms with E-state index in [1.807, 2.05) is 55.5 Å². The van der Waals surface area contributed by atoms with Crippen molar-refractivity contribution in [3.8, 4) is 5.75 Å². The second-order valence-corrected chi connectivity index (χ2v) is 13.7. The molecule has 158 valence electrons. The highest BCUT2D eigenvalue weighted by atomic mass is 28.4. The summed E-state index contributed by atoms with van der Waals surface area (Å²) < 4.78 is 17.1. The number of benzene rings is 2. The van der Waals surface area contributed by atoms with Crippen molar-refractivity contribution in [3.05, 3.63) is 65.2 Å². The first kappa shape index (κ1) is 23.2. The molecule has 0 aromatic heterocycles. The van der Waals surface area contributed by atoms with E-state index in [1.165, 1.54) is 12.7 Å². The maximum Gasteiger partial charge on any atom is 0.335 e. The van der Waals surface area contributed by atoms with Crippen LogP contribution >= 0.6 is 0 Å². The van der Waals surface area contributed by atoms with Gasteiger partial charge in [0.05, 0.1) is 13.7 Å². The molecule has 2 aromatic carbocycles. The number of esters is 1. The zero-order chi connectivity index (χ0) is 21.7. The summed E-state index contributed by atoms with van der Waals surface area (Å²) in [7, 11) is -0.482. The summed E-state index contributed by atoms with van der Waals surface area (Å²) in [6.45, 7) is 13.5. The molecule has 4 nitrogen and oxygen atoms in total. The van der Waals surface area contributed by atoms with Gasteiger partial charge in [-0.3, -0.25) is 0 Å². The van der Waals surface area contributed by atoms with Gasteiger partial charge in [-0.05, 0) is 48.3 Å². The lowest BCUT2D eigenvalue weighted by molar-refractivity contribution is -0.154. The maximum atomic E-state index is 12.2. The molecule has 0 aliphatic carbocycles. The maximum absolute atomic E-state index is 12.2. The third-order valence-corrected chi connectivity index (χ3v) is 9.92. The molecule has 0 spiro atoms. The highest BCUT2D eigenvalue weighted by molar-refractivity contribution is 6.74. The van der Waals surface area contributed by atoms with Gasteiger partial charge in [-0.15, -0.1) is 0 Å². The van der Waals surface area contributed by atoms with Gasteiger partial charge in [0, 0.05) is 6.42 Å². The lowest BCUT2D eigenvalue weighted by atomic mass is 10.1. The molecule has 0 N–H and O–H groups in total. The van der Waals surface area contributed by atoms with Crippen LogP contribution in [0, 0.1) is 6.92 Å². The lowest BCUT2D eigenvalue weighted by Crippen LogP contribution is -2.43. The molecule has 1 atom stereocenters. The summed E-state index contributed by atoms with van der Waals surface area (Å²) in [5.41, 5.74) is 3.23. The summed E-state index contributed by atoms with van der Waals surface area (Å²) in [6, 6.07) is 16.0. The van der Waals surface area contributed by atoms with Crippen LogP contribution in [-0.2, 0) is 27.3 Å². The molecule has 0 aliphatic rings. The Balaban J connectivity index is 2.03. The first-order valence-electron chi connectivity index (χ1n) is 10.0. The topological polar surface area (TPSA) is 44.8 Å². The first-order chi connectivity index (χ1) is 13.5. The molecule has 0 fully saturated rings. The van der Waals surface area contributed by atoms with Crippen molar-refractivity contribution in [2.75, 3.05) is 7.11 Å². The monoisotopic (exact) mass is 414 g/mol. The van der Waals surface area contributed by atoms with Crippen LogP contribution in [0.3, 0.4) is 0 Å². The van der Waals surface area contributed by atoms with E-state index in [1.54, 1.807) is 0 Å². The van der Waals surface area contributed by atoms with E-state index in [0.717, 1.165) is 16.9 Å². The van der Waals surface area contributed by atoms with Crippen LogP contribution in [0.25, 0.3) is 0 Å². The minimum atomic E-state index is -1.87. The molecule has 0 bridgehead atoms. The fraction of sp³-hybridized carbons (Fsp3) is 0.458. The summed E-state index contributed by atoms with van der Waals surface area (Å²) in [5, 5.41) is 0.144. The number of methoxy groups -OCH3 is 1. The van der Waals surface area contributed by atoms with E-state index >= 15 is 0 Å². The average molecular weight is 415 g/mol. The molecule has 0 aliphatic heterocycles. The van der Waals surface area contributed by atoms with Gasteiger partial charge in [0.25, 0.3) is 0 Å². The van der Waals surface area contributed by atoms with Crippen LogP contribution < -0.4 is 4.43 Å². The summed E-state index contributed by atoms with van der Waals surface area (Å²) in [5.74, 6) is 0.509. The Labute approximate surface area is 176 Å². The summed E-state index contributed by atoms with van der Waals surface area (Å²) >= 11 is 0. The number of hydrogen-bond acceptors (Lipinski definition) is 4. The molecule has 0 saturated heterocycles. The van der Waals surface area contributed by atoms with Crippen molar-refractivity contribution >= 4 is 14.3 Å². The van der Waals surface area contributed by atoms with Crippen LogP contribution in [0.2, 0.25) is 18.1 Å². The molecule has 0 amide bonds. The van der Waals surface area contributed by atoms with Crippen molar-refractivity contribution in [2.45, 2.75) is 65.0 Å². The largest absolute Gasteiger partial charge is 0.544 e. The van der Waals surface area contributed by atoms with Crippen molar-refractivity contribution in [3.63, 3.8) is 0 Å². The molecule has 2 aromatic rings. The number of carbonyl (C=O) groups excluding carboxylic acids is 1. The fourth-order valence-electron chi connectivity index (χ4n) is 2.58. The molecule has 0 saturated carbocycles. The normalized spacial score (nSPS) is 13.1. The second-order valence-electron chi connectivity index (χ2n) is 9.02. The molecule has 1 unspecified atom stereocenters. The van der Waals surface area contributed by atoms with Crippen molar-refractivity contribution in [2.24, 2.45) is 0 Å². The molecule has 5 heteroatoms. The van der Waals surface area contributed by atoms with E-state index in [-0.39, 0.29) is 11.0 Å². The van der Waals surface area contributed by atoms with Crippen LogP contribution in [0.5, 0.6) is 5.75 Å². The molecular formula is C24H34O4Si. The van der Waals surface area contributed by atoms with Gasteiger partial charge in [-0.25, -0.2) is 4.79 Å². The van der Waals surface area contributed by atoms with Crippen LogP contribution in [0.4, 0.5) is 0 Å². The standard InChI is InChI=1S/C24H34O4Si/c1-18-8-10-20(11-9-18)17-27-22(23(25)26-5)16-19-12-14-21(15-13-19)28-29(6,7)24(2,3)4/h8-15,22H,16-17H2,1-7H3. The molecular weight excluding hydrogens is 380 g/mol. The quantitative estimate of drug-likeness (QED) is 0.412. The SMILES string of the molecule is COC(=O)C(Cc1ccc(O[Si](C)(C)C(C)(C)C)cc1)OCc1ccc(C)cc1. The predicted octanol–water partition coefficient (Wildman–Crippen LogP) is 5.68. The van der Waals surface area contributed by atoms with Crippen molar-refractivity contribution in [1.29, 1.82) is 0 Å². The Bertz CT molecular complexity index is 789. The van der Waals surface area contributed by atoms with Gasteiger partial charge in [-0.1, -0.05) is 62.7 Å². The number of carbonyl (C=O) groups is 1. The Morgan fingerprint density at radius 1 is 0.966 bits per heavy atom. The highest BCUT2D eigenvalue weighted by Crippen LogP contribution is 2.37. The fourth-order valence-corrected chi connectivity index (χ4v) is 3.61. The average Bonchev–Trinajstić information content (AvgIpc) is 2.66. The van der Waals surface area contributed by atoms with Gasteiger partial charge in [0.1, 0.15) is 5.75 Å². The second kappa shape index (κ2) is 9.59. The van der Waals surface area contributed by atoms with Crippen LogP contribution in [-0.4, -0.2) is 27.5 Å². The Kier molecular flexibility index (Phi) is 7.66. The van der Waals surface area contributed by atoms with E-state index < -0.39 is 14.4 Å². The Hall–Kier alpha value is -2.11. The van der Waals surface area contributed by atoms with E-state index in [4.69, 9.17) is 13.9 Å². The number of hydrogen-bond donors (Lipinski definition) is 0. The minimum Gasteiger partial charge on any atom is -0.544 e. The molecule has 0 heterocycles. The molecule has 29 heavy (non-hydrogen) atoms. The van der Waals surface area contributed by atoms with Gasteiger partial charge >= 0.3 is 5.97 Å². The van der Waals surface area contributed by atoms with Gasteiger partial charge in [0.15, 0.2) is 6.10 Å². The van der Waals surface area contributed by atoms with Gasteiger partial charge < -0.3 is 13.9 Å². The third-order valence-electron chi connectivity index (χ3n) is 5.56. The minimum absolute atomic E-state index is 0.144. The number of rotatable bonds is 8. The van der Waals surface area contributed by atoms with Crippen LogP contribution in [0.15, 0.2) is 48.5 Å². The van der Waals surface area contributed by atoms with E-state index in [2.05, 4.69) is 33.9 Å². The number of ether oxygens (including phenoxy) is 2. The highest BCUT2D eigenvalue weighted by Gasteiger charge is 2.38. The van der Waals surface area contributed by atoms with Gasteiger partial charge in [-0.2, -0.15) is 0 Å². The smallest absolute Gasteiger partial charge is 0.335 e. The lowest BCUT2D eigenvalue weighted by Gasteiger charge is -2.36. The third kappa shape index (κ3) is 6.72. The Morgan fingerprint density at radius 3 is 2.03 bits per heavy atom. The van der Waals surface area contributed by atoms with Crippen molar-refractivity contribution < 1.29 is 18.7 Å². The zero-order valence-corrected chi connectivity index (χ0v) is 19.7. The summed E-state index contributed by atoms with van der Waals surface area (Å²) in [6.07, 6.45) is -0.188. The van der Waals surface area contributed by atoms with Gasteiger partial charge in [0.2, 0.25) is 8.32 Å². The van der Waals surface area contributed by atoms with E-state index in [9.17, 15) is 4.79 Å². The zero-order valence-electron chi connectivity index (χ0n) is 18.7. The summed E-state index contributed by atoms with van der Waals surface area (Å²) in [4.78, 5) is 12.2. The van der Waals surface area contributed by atoms with Crippen LogP contribution in [0.1, 0.15) is 37.5 Å². The van der Waals surface area contributed by atoms with Crippen molar-refractivity contribution in [1.82, 2.24) is 0 Å². The predicted molar refractivity (Wildman–Crippen MR) is 120 cm³/mol. The molecule has 0 radical (unpaired) electrons. The first-order valence-corrected chi connectivity index (χ1v) is 13.0. The molecule has 2 rings (SSSR count). The number of aryl methyl sites for hydroxylation is 1.